The number of carbonyl (C=O) groups excluding carboxylic acids is 2. The number of hydrogen-bond acceptors (Lipinski definition) is 7. The second kappa shape index (κ2) is 9.95. The second-order valence-electron chi connectivity index (χ2n) is 7.87. The number of likely N-dealkylation sites (tertiary alicyclic amines) is 1. The highest BCUT2D eigenvalue weighted by Crippen LogP contribution is 2.40. The molecular weight excluding hydrogens is 435 g/mol. The SMILES string of the molecule is COC(=O)COc1c(Cl)cc(/C=C2\CCCN(C(=O)OC(C)(C)C)C2)c(F)c1[N+](=O)[O-]. The van der Waals surface area contributed by atoms with Crippen LogP contribution in [0.1, 0.15) is 39.2 Å². The smallest absolute Gasteiger partial charge is 0.410 e. The first-order valence-electron chi connectivity index (χ1n) is 9.46. The molecule has 1 aliphatic rings. The van der Waals surface area contributed by atoms with Gasteiger partial charge in [0.15, 0.2) is 6.61 Å². The number of nitro benzene ring substituents is 1. The fraction of sp³-hybridized carbons (Fsp3) is 0.500. The number of carbonyl (C=O) groups is 2. The third kappa shape index (κ3) is 6.55. The Balaban J connectivity index is 2.33. The van der Waals surface area contributed by atoms with E-state index >= 15 is 0 Å². The van der Waals surface area contributed by atoms with Crippen LogP contribution in [0.3, 0.4) is 0 Å². The number of nitro groups is 1. The molecule has 170 valence electrons. The summed E-state index contributed by atoms with van der Waals surface area (Å²) in [6.45, 7) is 5.28. The van der Waals surface area contributed by atoms with Crippen molar-refractivity contribution in [2.75, 3.05) is 26.8 Å². The maximum Gasteiger partial charge on any atom is 0.410 e. The van der Waals surface area contributed by atoms with Crippen molar-refractivity contribution in [1.29, 1.82) is 0 Å². The quantitative estimate of drug-likeness (QED) is 0.366. The molecule has 0 atom stereocenters. The highest BCUT2D eigenvalue weighted by molar-refractivity contribution is 6.32. The van der Waals surface area contributed by atoms with Crippen molar-refractivity contribution < 1.29 is 33.1 Å². The molecule has 2 rings (SSSR count). The fourth-order valence-electron chi connectivity index (χ4n) is 2.93. The molecule has 11 heteroatoms. The lowest BCUT2D eigenvalue weighted by Gasteiger charge is -2.31. The van der Waals surface area contributed by atoms with Crippen molar-refractivity contribution in [2.24, 2.45) is 0 Å². The Morgan fingerprint density at radius 1 is 1.39 bits per heavy atom. The van der Waals surface area contributed by atoms with E-state index in [0.29, 0.717) is 25.0 Å². The van der Waals surface area contributed by atoms with Crippen molar-refractivity contribution in [2.45, 2.75) is 39.2 Å². The highest BCUT2D eigenvalue weighted by atomic mass is 35.5. The highest BCUT2D eigenvalue weighted by Gasteiger charge is 2.30. The topological polar surface area (TPSA) is 108 Å². The van der Waals surface area contributed by atoms with Crippen molar-refractivity contribution in [3.05, 3.63) is 38.2 Å². The second-order valence-corrected chi connectivity index (χ2v) is 8.28. The number of halogens is 2. The number of piperidine rings is 1. The van der Waals surface area contributed by atoms with Gasteiger partial charge < -0.3 is 19.1 Å². The van der Waals surface area contributed by atoms with Gasteiger partial charge in [0.1, 0.15) is 5.60 Å². The van der Waals surface area contributed by atoms with Gasteiger partial charge in [-0.05, 0) is 45.3 Å². The number of benzene rings is 1. The lowest BCUT2D eigenvalue weighted by atomic mass is 10.0. The van der Waals surface area contributed by atoms with E-state index in [4.69, 9.17) is 21.1 Å². The zero-order valence-corrected chi connectivity index (χ0v) is 18.5. The normalized spacial score (nSPS) is 15.5. The van der Waals surface area contributed by atoms with Crippen LogP contribution in [0, 0.1) is 15.9 Å². The monoisotopic (exact) mass is 458 g/mol. The molecule has 0 unspecified atom stereocenters. The Labute approximate surface area is 183 Å². The van der Waals surface area contributed by atoms with Crippen LogP contribution in [0.2, 0.25) is 5.02 Å². The van der Waals surface area contributed by atoms with E-state index in [-0.39, 0.29) is 17.1 Å². The summed E-state index contributed by atoms with van der Waals surface area (Å²) in [5.41, 5.74) is -1.07. The molecule has 1 heterocycles. The molecule has 1 saturated heterocycles. The Hall–Kier alpha value is -2.88. The molecule has 1 aromatic rings. The molecule has 1 aromatic carbocycles. The summed E-state index contributed by atoms with van der Waals surface area (Å²) in [5.74, 6) is -2.52. The first kappa shape index (κ1) is 24.4. The van der Waals surface area contributed by atoms with Crippen LogP contribution in [-0.4, -0.2) is 54.3 Å². The molecule has 1 amide bonds. The zero-order chi connectivity index (χ0) is 23.3. The summed E-state index contributed by atoms with van der Waals surface area (Å²) in [5, 5.41) is 11.2. The zero-order valence-electron chi connectivity index (χ0n) is 17.7. The third-order valence-electron chi connectivity index (χ3n) is 4.25. The van der Waals surface area contributed by atoms with Gasteiger partial charge in [0.25, 0.3) is 0 Å². The van der Waals surface area contributed by atoms with Crippen molar-refractivity contribution in [1.82, 2.24) is 4.90 Å². The number of hydrogen-bond donors (Lipinski definition) is 0. The Kier molecular flexibility index (Phi) is 7.83. The first-order chi connectivity index (χ1) is 14.4. The maximum atomic E-state index is 15.0. The Bertz CT molecular complexity index is 912. The van der Waals surface area contributed by atoms with Crippen LogP contribution in [0.5, 0.6) is 5.75 Å². The van der Waals surface area contributed by atoms with Gasteiger partial charge in [0, 0.05) is 18.7 Å². The largest absolute Gasteiger partial charge is 0.474 e. The average molecular weight is 459 g/mol. The van der Waals surface area contributed by atoms with Crippen molar-refractivity contribution >= 4 is 35.4 Å². The van der Waals surface area contributed by atoms with Crippen LogP contribution < -0.4 is 4.74 Å². The maximum absolute atomic E-state index is 15.0. The number of amides is 1. The molecule has 0 spiro atoms. The molecule has 1 aliphatic heterocycles. The van der Waals surface area contributed by atoms with Gasteiger partial charge in [0.2, 0.25) is 11.6 Å². The van der Waals surface area contributed by atoms with E-state index in [1.807, 2.05) is 0 Å². The summed E-state index contributed by atoms with van der Waals surface area (Å²) in [4.78, 5) is 35.5. The third-order valence-corrected chi connectivity index (χ3v) is 4.53. The first-order valence-corrected chi connectivity index (χ1v) is 9.84. The molecule has 0 N–H and O–H groups in total. The lowest BCUT2D eigenvalue weighted by Crippen LogP contribution is -2.40. The van der Waals surface area contributed by atoms with Crippen LogP contribution in [0.25, 0.3) is 6.08 Å². The molecule has 0 aromatic heterocycles. The van der Waals surface area contributed by atoms with E-state index in [1.54, 1.807) is 20.8 Å². The van der Waals surface area contributed by atoms with Crippen LogP contribution in [0.15, 0.2) is 11.6 Å². The molecule has 0 radical (unpaired) electrons. The summed E-state index contributed by atoms with van der Waals surface area (Å²) in [7, 11) is 1.11. The van der Waals surface area contributed by atoms with Gasteiger partial charge in [-0.25, -0.2) is 9.59 Å². The van der Waals surface area contributed by atoms with E-state index in [2.05, 4.69) is 4.74 Å². The molecule has 9 nitrogen and oxygen atoms in total. The minimum Gasteiger partial charge on any atom is -0.474 e. The van der Waals surface area contributed by atoms with Crippen molar-refractivity contribution in [3.63, 3.8) is 0 Å². The fourth-order valence-corrected chi connectivity index (χ4v) is 3.19. The van der Waals surface area contributed by atoms with E-state index < -0.39 is 46.4 Å². The van der Waals surface area contributed by atoms with E-state index in [9.17, 15) is 24.1 Å². The van der Waals surface area contributed by atoms with Gasteiger partial charge in [-0.2, -0.15) is 4.39 Å². The summed E-state index contributed by atoms with van der Waals surface area (Å²) in [6.07, 6.45) is 2.14. The van der Waals surface area contributed by atoms with Crippen molar-refractivity contribution in [3.8, 4) is 5.75 Å². The van der Waals surface area contributed by atoms with E-state index in [1.165, 1.54) is 17.0 Å². The predicted molar refractivity (Wildman–Crippen MR) is 111 cm³/mol. The summed E-state index contributed by atoms with van der Waals surface area (Å²) in [6, 6.07) is 1.18. The molecule has 0 saturated carbocycles. The number of ether oxygens (including phenoxy) is 3. The van der Waals surface area contributed by atoms with Gasteiger partial charge in [-0.15, -0.1) is 0 Å². The Morgan fingerprint density at radius 3 is 2.65 bits per heavy atom. The molecule has 31 heavy (non-hydrogen) atoms. The van der Waals surface area contributed by atoms with Crippen LogP contribution >= 0.6 is 11.6 Å². The minimum atomic E-state index is -1.16. The van der Waals surface area contributed by atoms with Gasteiger partial charge in [-0.3, -0.25) is 10.1 Å². The number of nitrogens with zero attached hydrogens (tertiary/aromatic N) is 2. The van der Waals surface area contributed by atoms with Crippen LogP contribution in [-0.2, 0) is 14.3 Å². The van der Waals surface area contributed by atoms with E-state index in [0.717, 1.165) is 7.11 Å². The predicted octanol–water partition coefficient (Wildman–Crippen LogP) is 4.35. The standard InChI is InChI=1S/C20H24ClFN2O7/c1-20(2,3)31-19(26)23-7-5-6-12(10-23)8-13-9-14(21)18(30-11-15(25)29-4)17(16(13)22)24(27)28/h8-9H,5-7,10-11H2,1-4H3/b12-8+. The molecule has 0 aliphatic carbocycles. The van der Waals surface area contributed by atoms with Crippen LogP contribution in [0.4, 0.5) is 14.9 Å². The number of rotatable bonds is 5. The number of esters is 1. The number of methoxy groups -OCH3 is 1. The van der Waals surface area contributed by atoms with Gasteiger partial charge in [0.05, 0.1) is 17.1 Å². The summed E-state index contributed by atoms with van der Waals surface area (Å²) >= 11 is 6.08. The summed E-state index contributed by atoms with van der Waals surface area (Å²) < 4.78 is 29.7. The molecular formula is C20H24ClFN2O7. The average Bonchev–Trinajstić information content (AvgIpc) is 2.67. The minimum absolute atomic E-state index is 0.122. The Morgan fingerprint density at radius 2 is 2.06 bits per heavy atom. The molecule has 0 bridgehead atoms. The van der Waals surface area contributed by atoms with Gasteiger partial charge >= 0.3 is 17.7 Å². The lowest BCUT2D eigenvalue weighted by molar-refractivity contribution is -0.388. The van der Waals surface area contributed by atoms with Gasteiger partial charge in [-0.1, -0.05) is 17.7 Å². The molecule has 1 fully saturated rings.